The zero-order chi connectivity index (χ0) is 17.6. The van der Waals surface area contributed by atoms with Crippen LogP contribution in [0.25, 0.3) is 5.69 Å². The average Bonchev–Trinajstić information content (AvgIpc) is 3.11. The Labute approximate surface area is 151 Å². The van der Waals surface area contributed by atoms with Crippen molar-refractivity contribution in [1.82, 2.24) is 9.55 Å². The lowest BCUT2D eigenvalue weighted by Gasteiger charge is -2.13. The molecule has 5 nitrogen and oxygen atoms in total. The number of para-hydroxylation sites is 1. The molecule has 0 fully saturated rings. The molecule has 0 aliphatic rings. The number of amides is 1. The molecule has 0 radical (unpaired) electrons. The number of benzene rings is 2. The lowest BCUT2D eigenvalue weighted by molar-refractivity contribution is -0.115. The van der Waals surface area contributed by atoms with E-state index < -0.39 is 0 Å². The van der Waals surface area contributed by atoms with Gasteiger partial charge in [0.25, 0.3) is 0 Å². The van der Waals surface area contributed by atoms with E-state index in [4.69, 9.17) is 4.74 Å². The number of thioether (sulfide) groups is 1. The Morgan fingerprint density at radius 1 is 1.16 bits per heavy atom. The molecule has 1 aromatic heterocycles. The highest BCUT2D eigenvalue weighted by molar-refractivity contribution is 8.00. The Balaban J connectivity index is 1.67. The maximum absolute atomic E-state index is 12.4. The molecule has 1 heterocycles. The standard InChI is InChI=1S/C19H19N3O2S/c1-14(18(23)21-15-8-10-17(24-2)11-9-15)25-19-20-12-13-22(19)16-6-4-3-5-7-16/h3-14H,1-2H3,(H,21,23). The van der Waals surface area contributed by atoms with E-state index in [0.717, 1.165) is 22.3 Å². The van der Waals surface area contributed by atoms with Gasteiger partial charge in [-0.15, -0.1) is 0 Å². The summed E-state index contributed by atoms with van der Waals surface area (Å²) in [7, 11) is 1.61. The Morgan fingerprint density at radius 3 is 2.56 bits per heavy atom. The van der Waals surface area contributed by atoms with Crippen molar-refractivity contribution in [3.63, 3.8) is 0 Å². The van der Waals surface area contributed by atoms with Gasteiger partial charge >= 0.3 is 0 Å². The van der Waals surface area contributed by atoms with Gasteiger partial charge in [-0.25, -0.2) is 4.98 Å². The van der Waals surface area contributed by atoms with Gasteiger partial charge in [0, 0.05) is 23.8 Å². The van der Waals surface area contributed by atoms with Gasteiger partial charge in [0.2, 0.25) is 5.91 Å². The minimum atomic E-state index is -0.285. The molecular formula is C19H19N3O2S. The number of hydrogen-bond acceptors (Lipinski definition) is 4. The number of carbonyl (C=O) groups is 1. The van der Waals surface area contributed by atoms with Crippen LogP contribution >= 0.6 is 11.8 Å². The zero-order valence-corrected chi connectivity index (χ0v) is 14.9. The quantitative estimate of drug-likeness (QED) is 0.681. The number of methoxy groups -OCH3 is 1. The molecule has 3 aromatic rings. The number of aromatic nitrogens is 2. The summed E-state index contributed by atoms with van der Waals surface area (Å²) in [5, 5.41) is 3.41. The van der Waals surface area contributed by atoms with Crippen LogP contribution in [0.3, 0.4) is 0 Å². The van der Waals surface area contributed by atoms with Crippen molar-refractivity contribution >= 4 is 23.4 Å². The van der Waals surface area contributed by atoms with Crippen molar-refractivity contribution in [2.75, 3.05) is 12.4 Å². The van der Waals surface area contributed by atoms with E-state index in [9.17, 15) is 4.79 Å². The molecule has 128 valence electrons. The Kier molecular flexibility index (Phi) is 5.40. The van der Waals surface area contributed by atoms with E-state index >= 15 is 0 Å². The number of rotatable bonds is 6. The monoisotopic (exact) mass is 353 g/mol. The van der Waals surface area contributed by atoms with Crippen LogP contribution in [0.1, 0.15) is 6.92 Å². The van der Waals surface area contributed by atoms with Gasteiger partial charge in [-0.1, -0.05) is 30.0 Å². The van der Waals surface area contributed by atoms with E-state index in [-0.39, 0.29) is 11.2 Å². The third kappa shape index (κ3) is 4.22. The maximum atomic E-state index is 12.4. The van der Waals surface area contributed by atoms with Crippen LogP contribution in [0.2, 0.25) is 0 Å². The van der Waals surface area contributed by atoms with Gasteiger partial charge in [-0.3, -0.25) is 9.36 Å². The fourth-order valence-corrected chi connectivity index (χ4v) is 3.18. The summed E-state index contributed by atoms with van der Waals surface area (Å²) < 4.78 is 7.09. The van der Waals surface area contributed by atoms with Crippen molar-refractivity contribution in [2.45, 2.75) is 17.3 Å². The topological polar surface area (TPSA) is 56.1 Å². The van der Waals surface area contributed by atoms with Crippen LogP contribution in [0.4, 0.5) is 5.69 Å². The summed E-state index contributed by atoms with van der Waals surface area (Å²) in [5.41, 5.74) is 1.76. The molecule has 3 rings (SSSR count). The van der Waals surface area contributed by atoms with E-state index in [1.165, 1.54) is 11.8 Å². The third-order valence-electron chi connectivity index (χ3n) is 3.65. The zero-order valence-electron chi connectivity index (χ0n) is 14.0. The second-order valence-corrected chi connectivity index (χ2v) is 6.70. The van der Waals surface area contributed by atoms with Crippen molar-refractivity contribution in [2.24, 2.45) is 0 Å². The lowest BCUT2D eigenvalue weighted by Crippen LogP contribution is -2.22. The van der Waals surface area contributed by atoms with Crippen molar-refractivity contribution in [3.05, 3.63) is 67.0 Å². The molecule has 0 aliphatic carbocycles. The summed E-state index contributed by atoms with van der Waals surface area (Å²) in [4.78, 5) is 16.8. The summed E-state index contributed by atoms with van der Waals surface area (Å²) >= 11 is 1.42. The average molecular weight is 353 g/mol. The van der Waals surface area contributed by atoms with Gasteiger partial charge in [0.15, 0.2) is 5.16 Å². The number of nitrogens with one attached hydrogen (secondary N) is 1. The molecule has 2 aromatic carbocycles. The van der Waals surface area contributed by atoms with Gasteiger partial charge in [-0.2, -0.15) is 0 Å². The number of ether oxygens (including phenoxy) is 1. The number of nitrogens with zero attached hydrogens (tertiary/aromatic N) is 2. The fourth-order valence-electron chi connectivity index (χ4n) is 2.29. The molecule has 0 bridgehead atoms. The van der Waals surface area contributed by atoms with Crippen LogP contribution in [-0.4, -0.2) is 27.8 Å². The first kappa shape index (κ1) is 17.1. The Bertz CT molecular complexity index is 831. The molecule has 0 spiro atoms. The summed E-state index contributed by atoms with van der Waals surface area (Å²) in [6.45, 7) is 1.87. The summed E-state index contributed by atoms with van der Waals surface area (Å²) in [6, 6.07) is 17.2. The van der Waals surface area contributed by atoms with E-state index in [1.54, 1.807) is 13.3 Å². The van der Waals surface area contributed by atoms with Gasteiger partial charge in [-0.05, 0) is 43.3 Å². The first-order valence-electron chi connectivity index (χ1n) is 7.87. The largest absolute Gasteiger partial charge is 0.497 e. The van der Waals surface area contributed by atoms with Crippen molar-refractivity contribution < 1.29 is 9.53 Å². The van der Waals surface area contributed by atoms with E-state index in [0.29, 0.717) is 0 Å². The van der Waals surface area contributed by atoms with Gasteiger partial charge in [0.1, 0.15) is 5.75 Å². The molecule has 1 unspecified atom stereocenters. The molecule has 0 saturated carbocycles. The highest BCUT2D eigenvalue weighted by atomic mass is 32.2. The van der Waals surface area contributed by atoms with Crippen LogP contribution in [0.15, 0.2) is 72.1 Å². The number of anilines is 1. The lowest BCUT2D eigenvalue weighted by atomic mass is 10.3. The molecular weight excluding hydrogens is 334 g/mol. The van der Waals surface area contributed by atoms with Gasteiger partial charge in [0.05, 0.1) is 12.4 Å². The number of imidazole rings is 1. The predicted molar refractivity (Wildman–Crippen MR) is 101 cm³/mol. The normalized spacial score (nSPS) is 11.8. The van der Waals surface area contributed by atoms with Gasteiger partial charge < -0.3 is 10.1 Å². The Hall–Kier alpha value is -2.73. The molecule has 6 heteroatoms. The molecule has 25 heavy (non-hydrogen) atoms. The first-order chi connectivity index (χ1) is 12.2. The van der Waals surface area contributed by atoms with Crippen molar-refractivity contribution in [1.29, 1.82) is 0 Å². The first-order valence-corrected chi connectivity index (χ1v) is 8.75. The molecule has 1 atom stereocenters. The smallest absolute Gasteiger partial charge is 0.237 e. The second-order valence-electron chi connectivity index (χ2n) is 5.39. The minimum Gasteiger partial charge on any atom is -0.497 e. The van der Waals surface area contributed by atoms with Crippen LogP contribution in [0, 0.1) is 0 Å². The van der Waals surface area contributed by atoms with E-state index in [1.807, 2.05) is 72.3 Å². The predicted octanol–water partition coefficient (Wildman–Crippen LogP) is 4.00. The molecule has 1 amide bonds. The molecule has 0 saturated heterocycles. The van der Waals surface area contributed by atoms with Crippen LogP contribution in [-0.2, 0) is 4.79 Å². The maximum Gasteiger partial charge on any atom is 0.237 e. The Morgan fingerprint density at radius 2 is 1.88 bits per heavy atom. The van der Waals surface area contributed by atoms with Crippen LogP contribution < -0.4 is 10.1 Å². The molecule has 1 N–H and O–H groups in total. The third-order valence-corrected chi connectivity index (χ3v) is 4.73. The highest BCUT2D eigenvalue weighted by Crippen LogP contribution is 2.25. The second kappa shape index (κ2) is 7.90. The summed E-state index contributed by atoms with van der Waals surface area (Å²) in [5.74, 6) is 0.683. The SMILES string of the molecule is COc1ccc(NC(=O)C(C)Sc2nccn2-c2ccccc2)cc1. The van der Waals surface area contributed by atoms with Crippen LogP contribution in [0.5, 0.6) is 5.75 Å². The number of hydrogen-bond donors (Lipinski definition) is 1. The fraction of sp³-hybridized carbons (Fsp3) is 0.158. The van der Waals surface area contributed by atoms with E-state index in [2.05, 4.69) is 10.3 Å². The minimum absolute atomic E-state index is 0.0715. The molecule has 0 aliphatic heterocycles. The highest BCUT2D eigenvalue weighted by Gasteiger charge is 2.18. The summed E-state index contributed by atoms with van der Waals surface area (Å²) in [6.07, 6.45) is 3.63. The number of carbonyl (C=O) groups excluding carboxylic acids is 1. The van der Waals surface area contributed by atoms with Crippen molar-refractivity contribution in [3.8, 4) is 11.4 Å².